The Morgan fingerprint density at radius 1 is 0.964 bits per heavy atom. The van der Waals surface area contributed by atoms with E-state index in [-0.39, 0.29) is 21.5 Å². The lowest BCUT2D eigenvalue weighted by atomic mass is 10.0. The first kappa shape index (κ1) is 22.6. The lowest BCUT2D eigenvalue weighted by molar-refractivity contribution is -0.122. The van der Waals surface area contributed by atoms with Crippen molar-refractivity contribution in [3.63, 3.8) is 0 Å². The number of amides is 2. The Morgan fingerprint density at radius 2 is 1.61 bits per heavy atom. The van der Waals surface area contributed by atoms with Crippen LogP contribution in [-0.2, 0) is 4.79 Å². The van der Waals surface area contributed by atoms with Gasteiger partial charge in [0.05, 0.1) is 26.3 Å². The number of rotatable bonds is 7. The Hall–Kier alpha value is -1.66. The lowest BCUT2D eigenvalue weighted by Gasteiger charge is -2.21. The molecule has 0 fully saturated rings. The minimum atomic E-state index is -0.807. The van der Waals surface area contributed by atoms with Crippen LogP contribution in [0.1, 0.15) is 30.6 Å². The third kappa shape index (κ3) is 6.17. The summed E-state index contributed by atoms with van der Waals surface area (Å²) in [4.78, 5) is 25.3. The number of hydrogen-bond donors (Lipinski definition) is 3. The summed E-state index contributed by atoms with van der Waals surface area (Å²) in [6.07, 6.45) is 0.412. The Labute approximate surface area is 183 Å². The molecular weight excluding hydrogens is 444 g/mol. The predicted molar refractivity (Wildman–Crippen MR) is 115 cm³/mol. The Kier molecular flexibility index (Phi) is 8.25. The number of anilines is 1. The molecule has 9 heteroatoms. The van der Waals surface area contributed by atoms with Gasteiger partial charge in [-0.25, -0.2) is 0 Å². The summed E-state index contributed by atoms with van der Waals surface area (Å²) in [6.45, 7) is 3.89. The number of nitrogens with one attached hydrogen (secondary N) is 3. The van der Waals surface area contributed by atoms with E-state index < -0.39 is 17.9 Å². The van der Waals surface area contributed by atoms with Gasteiger partial charge in [-0.2, -0.15) is 0 Å². The van der Waals surface area contributed by atoms with Gasteiger partial charge in [-0.15, -0.1) is 0 Å². The molecule has 150 valence electrons. The van der Waals surface area contributed by atoms with E-state index in [0.29, 0.717) is 22.2 Å². The quantitative estimate of drug-likeness (QED) is 0.469. The second-order valence-electron chi connectivity index (χ2n) is 6.49. The molecule has 0 radical (unpaired) electrons. The number of benzene rings is 2. The van der Waals surface area contributed by atoms with Crippen LogP contribution in [0.5, 0.6) is 0 Å². The van der Waals surface area contributed by atoms with E-state index in [0.717, 1.165) is 0 Å². The van der Waals surface area contributed by atoms with Crippen LogP contribution in [-0.4, -0.2) is 17.9 Å². The van der Waals surface area contributed by atoms with E-state index in [4.69, 9.17) is 46.4 Å². The second kappa shape index (κ2) is 10.2. The summed E-state index contributed by atoms with van der Waals surface area (Å²) in [6, 6.07) is 8.76. The van der Waals surface area contributed by atoms with Crippen molar-refractivity contribution >= 4 is 63.9 Å². The summed E-state index contributed by atoms with van der Waals surface area (Å²) >= 11 is 24.1. The molecule has 1 unspecified atom stereocenters. The van der Waals surface area contributed by atoms with Crippen molar-refractivity contribution in [3.8, 4) is 0 Å². The molecule has 5 nitrogen and oxygen atoms in total. The smallest absolute Gasteiger partial charge is 0.260 e. The molecule has 0 aliphatic carbocycles. The fraction of sp³-hybridized carbons (Fsp3) is 0.263. The number of halogens is 4. The van der Waals surface area contributed by atoms with Gasteiger partial charge in [-0.3, -0.25) is 20.4 Å². The van der Waals surface area contributed by atoms with Gasteiger partial charge >= 0.3 is 0 Å². The largest absolute Gasteiger partial charge is 0.340 e. The Balaban J connectivity index is 2.11. The standard InChI is InChI=1S/C19H19Cl4N3O2/c1-10(2)8-16(24-19(28)17-12(21)4-3-5-13(17)22)18(27)26-25-15-7-6-11(20)9-14(15)23/h3-7,9-10,16,25H,8H2,1-2H3,(H,24,28)(H,26,27). The first-order valence-corrected chi connectivity index (χ1v) is 9.96. The first-order chi connectivity index (χ1) is 13.2. The van der Waals surface area contributed by atoms with E-state index >= 15 is 0 Å². The third-order valence-electron chi connectivity index (χ3n) is 3.77. The maximum absolute atomic E-state index is 12.6. The first-order valence-electron chi connectivity index (χ1n) is 8.44. The van der Waals surface area contributed by atoms with Gasteiger partial charge in [0.1, 0.15) is 6.04 Å². The molecule has 0 saturated carbocycles. The Bertz CT molecular complexity index is 854. The number of carbonyl (C=O) groups excluding carboxylic acids is 2. The molecule has 0 saturated heterocycles. The average molecular weight is 463 g/mol. The van der Waals surface area contributed by atoms with Gasteiger partial charge in [-0.1, -0.05) is 66.3 Å². The zero-order chi connectivity index (χ0) is 20.8. The number of hydrogen-bond acceptors (Lipinski definition) is 3. The topological polar surface area (TPSA) is 70.2 Å². The van der Waals surface area contributed by atoms with Crippen LogP contribution in [0.2, 0.25) is 20.1 Å². The fourth-order valence-electron chi connectivity index (χ4n) is 2.45. The molecule has 28 heavy (non-hydrogen) atoms. The molecule has 1 atom stereocenters. The summed E-state index contributed by atoms with van der Waals surface area (Å²) in [5.41, 5.74) is 5.89. The minimum absolute atomic E-state index is 0.126. The highest BCUT2D eigenvalue weighted by atomic mass is 35.5. The van der Waals surface area contributed by atoms with Crippen LogP contribution in [0.15, 0.2) is 36.4 Å². The third-order valence-corrected chi connectivity index (χ3v) is 4.95. The molecule has 2 amide bonds. The molecule has 3 N–H and O–H groups in total. The normalized spacial score (nSPS) is 11.8. The van der Waals surface area contributed by atoms with Crippen LogP contribution in [0.3, 0.4) is 0 Å². The summed E-state index contributed by atoms with van der Waals surface area (Å²) in [5, 5.41) is 3.93. The van der Waals surface area contributed by atoms with E-state index in [1.54, 1.807) is 36.4 Å². The SMILES string of the molecule is CC(C)CC(NC(=O)c1c(Cl)cccc1Cl)C(=O)NNc1ccc(Cl)cc1Cl. The van der Waals surface area contributed by atoms with Crippen molar-refractivity contribution < 1.29 is 9.59 Å². The van der Waals surface area contributed by atoms with E-state index in [1.807, 2.05) is 13.8 Å². The zero-order valence-corrected chi connectivity index (χ0v) is 18.2. The van der Waals surface area contributed by atoms with Crippen molar-refractivity contribution in [1.29, 1.82) is 0 Å². The van der Waals surface area contributed by atoms with Gasteiger partial charge in [0.2, 0.25) is 0 Å². The van der Waals surface area contributed by atoms with Crippen molar-refractivity contribution in [2.75, 3.05) is 5.43 Å². The number of hydrazine groups is 1. The highest BCUT2D eigenvalue weighted by Gasteiger charge is 2.24. The molecule has 0 bridgehead atoms. The van der Waals surface area contributed by atoms with Crippen molar-refractivity contribution in [2.24, 2.45) is 5.92 Å². The van der Waals surface area contributed by atoms with E-state index in [9.17, 15) is 9.59 Å². The molecule has 2 aromatic rings. The van der Waals surface area contributed by atoms with Crippen LogP contribution in [0, 0.1) is 5.92 Å². The van der Waals surface area contributed by atoms with Crippen LogP contribution in [0.25, 0.3) is 0 Å². The molecule has 0 aliphatic rings. The lowest BCUT2D eigenvalue weighted by Crippen LogP contribution is -2.49. The maximum Gasteiger partial charge on any atom is 0.260 e. The highest BCUT2D eigenvalue weighted by Crippen LogP contribution is 2.25. The minimum Gasteiger partial charge on any atom is -0.340 e. The summed E-state index contributed by atoms with van der Waals surface area (Å²) in [7, 11) is 0. The predicted octanol–water partition coefficient (Wildman–Crippen LogP) is 5.59. The molecule has 0 heterocycles. The van der Waals surface area contributed by atoms with Gasteiger partial charge in [-0.05, 0) is 42.7 Å². The molecule has 0 spiro atoms. The zero-order valence-electron chi connectivity index (χ0n) is 15.2. The van der Waals surface area contributed by atoms with Gasteiger partial charge < -0.3 is 5.32 Å². The van der Waals surface area contributed by atoms with Gasteiger partial charge in [0.25, 0.3) is 11.8 Å². The second-order valence-corrected chi connectivity index (χ2v) is 8.15. The summed E-state index contributed by atoms with van der Waals surface area (Å²) in [5.74, 6) is -0.811. The van der Waals surface area contributed by atoms with Crippen LogP contribution >= 0.6 is 46.4 Å². The van der Waals surface area contributed by atoms with Gasteiger partial charge in [0.15, 0.2) is 0 Å². The van der Waals surface area contributed by atoms with Crippen molar-refractivity contribution in [2.45, 2.75) is 26.3 Å². The molecule has 0 aliphatic heterocycles. The van der Waals surface area contributed by atoms with Crippen molar-refractivity contribution in [1.82, 2.24) is 10.7 Å². The monoisotopic (exact) mass is 461 g/mol. The van der Waals surface area contributed by atoms with E-state index in [2.05, 4.69) is 16.2 Å². The van der Waals surface area contributed by atoms with Crippen LogP contribution < -0.4 is 16.2 Å². The molecule has 2 aromatic carbocycles. The molecule has 2 rings (SSSR count). The Morgan fingerprint density at radius 3 is 2.18 bits per heavy atom. The fourth-order valence-corrected chi connectivity index (χ4v) is 3.48. The van der Waals surface area contributed by atoms with Crippen molar-refractivity contribution in [3.05, 3.63) is 62.1 Å². The van der Waals surface area contributed by atoms with Crippen LogP contribution in [0.4, 0.5) is 5.69 Å². The molecular formula is C19H19Cl4N3O2. The number of carbonyl (C=O) groups is 2. The summed E-state index contributed by atoms with van der Waals surface area (Å²) < 4.78 is 0. The highest BCUT2D eigenvalue weighted by molar-refractivity contribution is 6.39. The van der Waals surface area contributed by atoms with Gasteiger partial charge in [0, 0.05) is 5.02 Å². The average Bonchev–Trinajstić information content (AvgIpc) is 2.59. The van der Waals surface area contributed by atoms with E-state index in [1.165, 1.54) is 0 Å². The molecule has 0 aromatic heterocycles. The maximum atomic E-state index is 12.6.